The van der Waals surface area contributed by atoms with E-state index in [-0.39, 0.29) is 0 Å². The van der Waals surface area contributed by atoms with Crippen molar-refractivity contribution in [2.24, 2.45) is 5.92 Å². The zero-order valence-corrected chi connectivity index (χ0v) is 21.9. The highest BCUT2D eigenvalue weighted by Crippen LogP contribution is 2.18. The summed E-state index contributed by atoms with van der Waals surface area (Å²) in [5.74, 6) is 0.339. The van der Waals surface area contributed by atoms with E-state index in [9.17, 15) is 4.79 Å². The highest BCUT2D eigenvalue weighted by Gasteiger charge is 2.06. The number of aldehydes is 1. The Morgan fingerprint density at radius 3 is 0.839 bits per heavy atom. The van der Waals surface area contributed by atoms with Gasteiger partial charge < -0.3 is 4.79 Å². The lowest BCUT2D eigenvalue weighted by Crippen LogP contribution is -2.02. The number of carbonyl (C=O) groups excluding carboxylic acids is 1. The quantitative estimate of drug-likeness (QED) is 0.0923. The molecule has 0 amide bonds. The van der Waals surface area contributed by atoms with E-state index in [2.05, 4.69) is 13.8 Å². The molecule has 0 atom stereocenters. The van der Waals surface area contributed by atoms with Crippen LogP contribution in [0.3, 0.4) is 0 Å². The molecule has 0 bridgehead atoms. The van der Waals surface area contributed by atoms with Gasteiger partial charge in [0.1, 0.15) is 6.29 Å². The van der Waals surface area contributed by atoms with Crippen LogP contribution in [-0.2, 0) is 4.79 Å². The van der Waals surface area contributed by atoms with Crippen molar-refractivity contribution in [1.82, 2.24) is 0 Å². The molecule has 0 heterocycles. The van der Waals surface area contributed by atoms with E-state index in [1.54, 1.807) is 0 Å². The lowest BCUT2D eigenvalue weighted by molar-refractivity contribution is -0.111. The van der Waals surface area contributed by atoms with Crippen LogP contribution >= 0.6 is 0 Å². The van der Waals surface area contributed by atoms with Crippen LogP contribution in [-0.4, -0.2) is 6.29 Å². The summed E-state index contributed by atoms with van der Waals surface area (Å²) in [5, 5.41) is 0. The minimum Gasteiger partial charge on any atom is -0.303 e. The maximum Gasteiger partial charge on any atom is 0.123 e. The molecule has 0 unspecified atom stereocenters. The average molecular weight is 437 g/mol. The smallest absolute Gasteiger partial charge is 0.123 e. The maximum atomic E-state index is 11.4. The second-order valence-electron chi connectivity index (χ2n) is 10.3. The fraction of sp³-hybridized carbons (Fsp3) is 0.967. The lowest BCUT2D eigenvalue weighted by Gasteiger charge is -2.10. The summed E-state index contributed by atoms with van der Waals surface area (Å²) >= 11 is 0. The van der Waals surface area contributed by atoms with Gasteiger partial charge in [-0.2, -0.15) is 0 Å². The van der Waals surface area contributed by atoms with Gasteiger partial charge in [-0.3, -0.25) is 0 Å². The molecule has 31 heavy (non-hydrogen) atoms. The van der Waals surface area contributed by atoms with E-state index in [0.717, 1.165) is 12.8 Å². The molecule has 0 aliphatic rings. The van der Waals surface area contributed by atoms with Gasteiger partial charge in [0.05, 0.1) is 0 Å². The average Bonchev–Trinajstić information content (AvgIpc) is 2.79. The molecule has 186 valence electrons. The Bertz CT molecular complexity index is 296. The first-order valence-corrected chi connectivity index (χ1v) is 14.8. The summed E-state index contributed by atoms with van der Waals surface area (Å²) < 4.78 is 0. The Balaban J connectivity index is 3.27. The van der Waals surface area contributed by atoms with Crippen LogP contribution in [0.4, 0.5) is 0 Å². The summed E-state index contributed by atoms with van der Waals surface area (Å²) in [7, 11) is 0. The third-order valence-corrected chi connectivity index (χ3v) is 7.05. The number of hydrogen-bond acceptors (Lipinski definition) is 1. The summed E-state index contributed by atoms with van der Waals surface area (Å²) in [4.78, 5) is 11.4. The van der Waals surface area contributed by atoms with Crippen LogP contribution < -0.4 is 0 Å². The van der Waals surface area contributed by atoms with Crippen molar-refractivity contribution in [1.29, 1.82) is 0 Å². The summed E-state index contributed by atoms with van der Waals surface area (Å²) in [6.45, 7) is 4.58. The fourth-order valence-electron chi connectivity index (χ4n) is 4.78. The minimum atomic E-state index is 0.339. The Morgan fingerprint density at radius 2 is 0.613 bits per heavy atom. The molecule has 0 saturated carbocycles. The second-order valence-corrected chi connectivity index (χ2v) is 10.3. The fourth-order valence-corrected chi connectivity index (χ4v) is 4.78. The molecule has 0 aliphatic carbocycles. The van der Waals surface area contributed by atoms with E-state index in [1.165, 1.54) is 160 Å². The molecular formula is C30H60O. The van der Waals surface area contributed by atoms with Crippen molar-refractivity contribution in [3.63, 3.8) is 0 Å². The van der Waals surface area contributed by atoms with Gasteiger partial charge in [-0.1, -0.05) is 168 Å². The molecule has 0 saturated heterocycles. The van der Waals surface area contributed by atoms with Crippen molar-refractivity contribution in [3.05, 3.63) is 0 Å². The normalized spacial score (nSPS) is 11.5. The van der Waals surface area contributed by atoms with Crippen molar-refractivity contribution in [2.45, 2.75) is 181 Å². The van der Waals surface area contributed by atoms with Gasteiger partial charge in [-0.05, 0) is 12.8 Å². The van der Waals surface area contributed by atoms with Gasteiger partial charge in [0.25, 0.3) is 0 Å². The summed E-state index contributed by atoms with van der Waals surface area (Å²) in [5.41, 5.74) is 0. The Kier molecular flexibility index (Phi) is 27.4. The van der Waals surface area contributed by atoms with Crippen LogP contribution in [0.25, 0.3) is 0 Å². The largest absolute Gasteiger partial charge is 0.303 e. The third-order valence-electron chi connectivity index (χ3n) is 7.05. The highest BCUT2D eigenvalue weighted by atomic mass is 16.1. The molecule has 1 heteroatoms. The van der Waals surface area contributed by atoms with E-state index in [4.69, 9.17) is 0 Å². The van der Waals surface area contributed by atoms with Gasteiger partial charge in [-0.15, -0.1) is 0 Å². The molecule has 0 fully saturated rings. The van der Waals surface area contributed by atoms with Gasteiger partial charge in [0, 0.05) is 5.92 Å². The van der Waals surface area contributed by atoms with E-state index >= 15 is 0 Å². The topological polar surface area (TPSA) is 17.1 Å². The molecule has 0 aromatic rings. The van der Waals surface area contributed by atoms with E-state index < -0.39 is 0 Å². The number of rotatable bonds is 27. The van der Waals surface area contributed by atoms with Crippen molar-refractivity contribution in [2.75, 3.05) is 0 Å². The van der Waals surface area contributed by atoms with Crippen LogP contribution in [0.5, 0.6) is 0 Å². The molecule has 0 aromatic heterocycles. The van der Waals surface area contributed by atoms with Gasteiger partial charge >= 0.3 is 0 Å². The standard InChI is InChI=1S/C30H60O/c1-3-5-7-9-11-13-15-17-19-21-23-25-27-30(29-31)28-26-24-22-20-18-16-14-12-10-8-6-4-2/h29-30H,3-28H2,1-2H3. The first-order chi connectivity index (χ1) is 15.3. The van der Waals surface area contributed by atoms with Crippen molar-refractivity contribution in [3.8, 4) is 0 Å². The number of carbonyl (C=O) groups is 1. The molecule has 0 N–H and O–H groups in total. The van der Waals surface area contributed by atoms with E-state index in [0.29, 0.717) is 5.92 Å². The molecule has 1 nitrogen and oxygen atoms in total. The summed E-state index contributed by atoms with van der Waals surface area (Å²) in [6, 6.07) is 0. The lowest BCUT2D eigenvalue weighted by atomic mass is 9.95. The number of hydrogen-bond donors (Lipinski definition) is 0. The van der Waals surface area contributed by atoms with Crippen LogP contribution in [0.15, 0.2) is 0 Å². The minimum absolute atomic E-state index is 0.339. The molecule has 0 radical (unpaired) electrons. The zero-order chi connectivity index (χ0) is 22.7. The molecule has 0 rings (SSSR count). The van der Waals surface area contributed by atoms with Crippen LogP contribution in [0.2, 0.25) is 0 Å². The molecular weight excluding hydrogens is 376 g/mol. The first kappa shape index (κ1) is 30.7. The molecule has 0 aromatic carbocycles. The van der Waals surface area contributed by atoms with Gasteiger partial charge in [-0.25, -0.2) is 0 Å². The van der Waals surface area contributed by atoms with Gasteiger partial charge in [0.15, 0.2) is 0 Å². The third kappa shape index (κ3) is 25.8. The van der Waals surface area contributed by atoms with Crippen molar-refractivity contribution >= 4 is 6.29 Å². The second kappa shape index (κ2) is 27.7. The van der Waals surface area contributed by atoms with E-state index in [1.807, 2.05) is 0 Å². The Hall–Kier alpha value is -0.330. The maximum absolute atomic E-state index is 11.4. The van der Waals surface area contributed by atoms with Crippen LogP contribution in [0, 0.1) is 5.92 Å². The Morgan fingerprint density at radius 1 is 0.387 bits per heavy atom. The molecule has 0 spiro atoms. The predicted octanol–water partition coefficient (Wildman–Crippen LogP) is 11.0. The zero-order valence-electron chi connectivity index (χ0n) is 21.9. The number of unbranched alkanes of at least 4 members (excludes halogenated alkanes) is 22. The van der Waals surface area contributed by atoms with Gasteiger partial charge in [0.2, 0.25) is 0 Å². The van der Waals surface area contributed by atoms with Crippen LogP contribution in [0.1, 0.15) is 181 Å². The monoisotopic (exact) mass is 436 g/mol. The SMILES string of the molecule is CCCCCCCCCCCCCCC(C=O)CCCCCCCCCCCCCC. The van der Waals surface area contributed by atoms with Crippen molar-refractivity contribution < 1.29 is 4.79 Å². The Labute approximate surface area is 197 Å². The highest BCUT2D eigenvalue weighted by molar-refractivity contribution is 5.53. The first-order valence-electron chi connectivity index (χ1n) is 14.8. The summed E-state index contributed by atoms with van der Waals surface area (Å²) in [6.07, 6.45) is 37.0. The predicted molar refractivity (Wildman–Crippen MR) is 141 cm³/mol. The molecule has 0 aliphatic heterocycles.